The van der Waals surface area contributed by atoms with Crippen LogP contribution in [0.25, 0.3) is 22.4 Å². The van der Waals surface area contributed by atoms with Crippen LogP contribution in [0.3, 0.4) is 0 Å². The molecule has 0 saturated heterocycles. The molecule has 0 bridgehead atoms. The molecular weight excluding hydrogens is 374 g/mol. The SMILES string of the molecule is CCCCCCNc1cc(-c2ccc(C#N)cc2)cc(-c2cc(OC)ccc2O)n1. The summed E-state index contributed by atoms with van der Waals surface area (Å²) in [4.78, 5) is 4.74. The van der Waals surface area contributed by atoms with Gasteiger partial charge in [0.1, 0.15) is 17.3 Å². The fourth-order valence-corrected chi connectivity index (χ4v) is 3.28. The largest absolute Gasteiger partial charge is 0.507 e. The van der Waals surface area contributed by atoms with E-state index in [0.717, 1.165) is 29.9 Å². The van der Waals surface area contributed by atoms with Crippen LogP contribution in [-0.4, -0.2) is 23.7 Å². The monoisotopic (exact) mass is 401 g/mol. The highest BCUT2D eigenvalue weighted by molar-refractivity contribution is 5.77. The summed E-state index contributed by atoms with van der Waals surface area (Å²) in [5, 5.41) is 22.9. The average molecular weight is 402 g/mol. The first kappa shape index (κ1) is 21.2. The van der Waals surface area contributed by atoms with Gasteiger partial charge in [-0.3, -0.25) is 0 Å². The van der Waals surface area contributed by atoms with Gasteiger partial charge in [-0.1, -0.05) is 38.3 Å². The van der Waals surface area contributed by atoms with E-state index in [9.17, 15) is 5.11 Å². The summed E-state index contributed by atoms with van der Waals surface area (Å²) in [5.41, 5.74) is 3.83. The van der Waals surface area contributed by atoms with Gasteiger partial charge in [-0.2, -0.15) is 5.26 Å². The number of nitriles is 1. The Kier molecular flexibility index (Phi) is 7.29. The highest BCUT2D eigenvalue weighted by atomic mass is 16.5. The van der Waals surface area contributed by atoms with Gasteiger partial charge in [-0.05, 0) is 60.0 Å². The minimum Gasteiger partial charge on any atom is -0.507 e. The first-order valence-electron chi connectivity index (χ1n) is 10.3. The topological polar surface area (TPSA) is 78.2 Å². The smallest absolute Gasteiger partial charge is 0.127 e. The third kappa shape index (κ3) is 5.30. The Morgan fingerprint density at radius 1 is 1.00 bits per heavy atom. The van der Waals surface area contributed by atoms with E-state index in [4.69, 9.17) is 15.0 Å². The molecule has 3 aromatic rings. The fraction of sp³-hybridized carbons (Fsp3) is 0.280. The molecule has 5 nitrogen and oxygen atoms in total. The lowest BCUT2D eigenvalue weighted by atomic mass is 10.0. The molecular formula is C25H27N3O2. The van der Waals surface area contributed by atoms with Gasteiger partial charge in [0.15, 0.2) is 0 Å². The van der Waals surface area contributed by atoms with Crippen molar-refractivity contribution in [3.63, 3.8) is 0 Å². The summed E-state index contributed by atoms with van der Waals surface area (Å²) in [7, 11) is 1.60. The molecule has 0 aliphatic carbocycles. The number of pyridine rings is 1. The minimum absolute atomic E-state index is 0.147. The fourth-order valence-electron chi connectivity index (χ4n) is 3.28. The second kappa shape index (κ2) is 10.3. The van der Waals surface area contributed by atoms with Crippen molar-refractivity contribution in [1.29, 1.82) is 5.26 Å². The molecule has 154 valence electrons. The first-order valence-corrected chi connectivity index (χ1v) is 10.3. The van der Waals surface area contributed by atoms with Crippen LogP contribution in [0.5, 0.6) is 11.5 Å². The van der Waals surface area contributed by atoms with E-state index in [1.165, 1.54) is 19.3 Å². The van der Waals surface area contributed by atoms with E-state index in [2.05, 4.69) is 18.3 Å². The predicted molar refractivity (Wildman–Crippen MR) is 121 cm³/mol. The molecule has 0 aliphatic heterocycles. The van der Waals surface area contributed by atoms with Gasteiger partial charge in [0.25, 0.3) is 0 Å². The quantitative estimate of drug-likeness (QED) is 0.430. The van der Waals surface area contributed by atoms with E-state index < -0.39 is 0 Å². The van der Waals surface area contributed by atoms with Crippen LogP contribution in [0, 0.1) is 11.3 Å². The van der Waals surface area contributed by atoms with Crippen LogP contribution >= 0.6 is 0 Å². The number of benzene rings is 2. The lowest BCUT2D eigenvalue weighted by molar-refractivity contribution is 0.412. The standard InChI is InChI=1S/C25H27N3O2/c1-3-4-5-6-13-27-25-15-20(19-9-7-18(17-26)8-10-19)14-23(28-25)22-16-21(30-2)11-12-24(22)29/h7-12,14-16,29H,3-6,13H2,1-2H3,(H,27,28). The predicted octanol–water partition coefficient (Wildman–Crippen LogP) is 5.99. The number of aromatic nitrogens is 1. The molecule has 0 amide bonds. The summed E-state index contributed by atoms with van der Waals surface area (Å²) in [6, 6.07) is 18.7. The molecule has 0 aliphatic rings. The Morgan fingerprint density at radius 2 is 1.80 bits per heavy atom. The van der Waals surface area contributed by atoms with Gasteiger partial charge in [-0.25, -0.2) is 4.98 Å². The third-order valence-corrected chi connectivity index (χ3v) is 4.99. The van der Waals surface area contributed by atoms with Crippen molar-refractivity contribution in [2.45, 2.75) is 32.6 Å². The van der Waals surface area contributed by atoms with Crippen LogP contribution in [0.4, 0.5) is 5.82 Å². The van der Waals surface area contributed by atoms with Gasteiger partial charge in [0.05, 0.1) is 24.4 Å². The number of nitrogens with zero attached hydrogens (tertiary/aromatic N) is 2. The molecule has 0 atom stereocenters. The Balaban J connectivity index is 1.98. The zero-order valence-corrected chi connectivity index (χ0v) is 17.5. The summed E-state index contributed by atoms with van der Waals surface area (Å²) in [5.74, 6) is 1.56. The maximum Gasteiger partial charge on any atom is 0.127 e. The highest BCUT2D eigenvalue weighted by Gasteiger charge is 2.12. The van der Waals surface area contributed by atoms with Gasteiger partial charge in [-0.15, -0.1) is 0 Å². The molecule has 0 unspecified atom stereocenters. The number of nitrogens with one attached hydrogen (secondary N) is 1. The Labute approximate surface area is 178 Å². The molecule has 5 heteroatoms. The number of aromatic hydroxyl groups is 1. The molecule has 0 radical (unpaired) electrons. The van der Waals surface area contributed by atoms with Crippen molar-refractivity contribution in [3.8, 4) is 40.0 Å². The van der Waals surface area contributed by atoms with Crippen molar-refractivity contribution in [2.24, 2.45) is 0 Å². The number of unbranched alkanes of at least 4 members (excludes halogenated alkanes) is 3. The minimum atomic E-state index is 0.147. The molecule has 2 aromatic carbocycles. The number of hydrogen-bond donors (Lipinski definition) is 2. The van der Waals surface area contributed by atoms with Gasteiger partial charge in [0, 0.05) is 12.1 Å². The van der Waals surface area contributed by atoms with E-state index in [-0.39, 0.29) is 5.75 Å². The molecule has 30 heavy (non-hydrogen) atoms. The van der Waals surface area contributed by atoms with E-state index >= 15 is 0 Å². The Hall–Kier alpha value is -3.52. The van der Waals surface area contributed by atoms with Crippen LogP contribution in [0.1, 0.15) is 38.2 Å². The highest BCUT2D eigenvalue weighted by Crippen LogP contribution is 2.35. The number of anilines is 1. The van der Waals surface area contributed by atoms with Crippen molar-refractivity contribution in [3.05, 3.63) is 60.2 Å². The van der Waals surface area contributed by atoms with Gasteiger partial charge >= 0.3 is 0 Å². The van der Waals surface area contributed by atoms with Crippen molar-refractivity contribution >= 4 is 5.82 Å². The first-order chi connectivity index (χ1) is 14.6. The lowest BCUT2D eigenvalue weighted by Gasteiger charge is -2.13. The molecule has 0 fully saturated rings. The third-order valence-electron chi connectivity index (χ3n) is 4.99. The molecule has 3 rings (SSSR count). The molecule has 1 aromatic heterocycles. The number of phenolic OH excluding ortho intramolecular Hbond substituents is 1. The maximum atomic E-state index is 10.4. The zero-order chi connectivity index (χ0) is 21.3. The Bertz CT molecular complexity index is 1020. The summed E-state index contributed by atoms with van der Waals surface area (Å²) >= 11 is 0. The van der Waals surface area contributed by atoms with Crippen LogP contribution in [-0.2, 0) is 0 Å². The van der Waals surface area contributed by atoms with Crippen LogP contribution < -0.4 is 10.1 Å². The number of phenols is 1. The molecule has 1 heterocycles. The number of ether oxygens (including phenoxy) is 1. The zero-order valence-electron chi connectivity index (χ0n) is 17.5. The second-order valence-corrected chi connectivity index (χ2v) is 7.19. The maximum absolute atomic E-state index is 10.4. The number of methoxy groups -OCH3 is 1. The van der Waals surface area contributed by atoms with Crippen molar-refractivity contribution < 1.29 is 9.84 Å². The second-order valence-electron chi connectivity index (χ2n) is 7.19. The van der Waals surface area contributed by atoms with Crippen molar-refractivity contribution in [1.82, 2.24) is 4.98 Å². The van der Waals surface area contributed by atoms with Crippen LogP contribution in [0.2, 0.25) is 0 Å². The summed E-state index contributed by atoms with van der Waals surface area (Å²) in [6.07, 6.45) is 4.69. The average Bonchev–Trinajstić information content (AvgIpc) is 2.79. The Morgan fingerprint density at radius 3 is 2.50 bits per heavy atom. The number of rotatable bonds is 9. The van der Waals surface area contributed by atoms with Gasteiger partial charge in [0.2, 0.25) is 0 Å². The van der Waals surface area contributed by atoms with Gasteiger partial charge < -0.3 is 15.2 Å². The molecule has 0 saturated carbocycles. The van der Waals surface area contributed by atoms with E-state index in [1.807, 2.05) is 24.3 Å². The normalized spacial score (nSPS) is 10.4. The summed E-state index contributed by atoms with van der Waals surface area (Å²) < 4.78 is 5.32. The molecule has 0 spiro atoms. The van der Waals surface area contributed by atoms with Crippen LogP contribution in [0.15, 0.2) is 54.6 Å². The summed E-state index contributed by atoms with van der Waals surface area (Å²) in [6.45, 7) is 3.04. The lowest BCUT2D eigenvalue weighted by Crippen LogP contribution is -2.04. The molecule has 2 N–H and O–H groups in total. The number of hydrogen-bond acceptors (Lipinski definition) is 5. The van der Waals surface area contributed by atoms with E-state index in [1.54, 1.807) is 37.4 Å². The van der Waals surface area contributed by atoms with E-state index in [0.29, 0.717) is 22.6 Å². The van der Waals surface area contributed by atoms with Crippen molar-refractivity contribution in [2.75, 3.05) is 19.0 Å².